The number of halogens is 3. The van der Waals surface area contributed by atoms with Gasteiger partial charge in [0.25, 0.3) is 5.91 Å². The van der Waals surface area contributed by atoms with Crippen LogP contribution in [0.1, 0.15) is 21.5 Å². The van der Waals surface area contributed by atoms with Gasteiger partial charge < -0.3 is 10.0 Å². The van der Waals surface area contributed by atoms with E-state index in [1.807, 2.05) is 0 Å². The largest absolute Gasteiger partial charge is 0.478 e. The highest BCUT2D eigenvalue weighted by Crippen LogP contribution is 2.31. The summed E-state index contributed by atoms with van der Waals surface area (Å²) in [6.45, 7) is 0. The molecule has 1 N–H and O–H groups in total. The molecule has 0 bridgehead atoms. The van der Waals surface area contributed by atoms with Crippen molar-refractivity contribution in [2.24, 2.45) is 0 Å². The molecule has 0 fully saturated rings. The molecule has 2 aromatic carbocycles. The van der Waals surface area contributed by atoms with Crippen molar-refractivity contribution in [3.05, 3.63) is 71.3 Å². The number of hydrogen-bond donors (Lipinski definition) is 1. The van der Waals surface area contributed by atoms with E-state index in [4.69, 9.17) is 5.11 Å². The summed E-state index contributed by atoms with van der Waals surface area (Å²) in [6, 6.07) is 10.6. The van der Waals surface area contributed by atoms with Crippen molar-refractivity contribution in [3.8, 4) is 0 Å². The van der Waals surface area contributed by atoms with Crippen molar-refractivity contribution in [3.63, 3.8) is 0 Å². The molecule has 0 aliphatic carbocycles. The Balaban J connectivity index is 2.29. The Morgan fingerprint density at radius 3 is 2.40 bits per heavy atom. The maximum Gasteiger partial charge on any atom is 0.416 e. The normalized spacial score (nSPS) is 11.5. The molecule has 4 nitrogen and oxygen atoms in total. The number of carboxylic acid groups (broad SMARTS) is 1. The van der Waals surface area contributed by atoms with Crippen LogP contribution in [-0.4, -0.2) is 24.0 Å². The van der Waals surface area contributed by atoms with Crippen molar-refractivity contribution >= 4 is 23.6 Å². The molecule has 2 aromatic rings. The number of nitrogens with zero attached hydrogens (tertiary/aromatic N) is 1. The Bertz CT molecular complexity index is 828. The summed E-state index contributed by atoms with van der Waals surface area (Å²) in [6.07, 6.45) is -2.25. The molecule has 0 aliphatic heterocycles. The Kier molecular flexibility index (Phi) is 5.26. The maximum absolute atomic E-state index is 12.8. The number of aliphatic carboxylic acids is 1. The van der Waals surface area contributed by atoms with Gasteiger partial charge >= 0.3 is 12.1 Å². The molecule has 130 valence electrons. The van der Waals surface area contributed by atoms with Crippen molar-refractivity contribution in [2.75, 3.05) is 11.9 Å². The minimum Gasteiger partial charge on any atom is -0.478 e. The molecule has 0 heterocycles. The smallest absolute Gasteiger partial charge is 0.416 e. The van der Waals surface area contributed by atoms with E-state index in [0.29, 0.717) is 5.56 Å². The van der Waals surface area contributed by atoms with E-state index in [9.17, 15) is 22.8 Å². The number of benzene rings is 2. The molecule has 0 saturated heterocycles. The van der Waals surface area contributed by atoms with Crippen LogP contribution in [0.4, 0.5) is 18.9 Å². The number of amides is 1. The summed E-state index contributed by atoms with van der Waals surface area (Å²) in [5, 5.41) is 8.63. The molecule has 1 amide bonds. The zero-order valence-electron chi connectivity index (χ0n) is 13.1. The standard InChI is InChI=1S/C18H14F3NO3/c1-22(15-7-3-6-14(11-15)18(19,20)21)17(25)13-5-2-4-12(10-13)8-9-16(23)24/h2-11H,1H3,(H,23,24)/b9-8+. The SMILES string of the molecule is CN(C(=O)c1cccc(/C=C/C(=O)O)c1)c1cccc(C(F)(F)F)c1. The molecule has 0 radical (unpaired) electrons. The summed E-state index contributed by atoms with van der Waals surface area (Å²) in [4.78, 5) is 24.2. The predicted octanol–water partition coefficient (Wildman–Crippen LogP) is 4.08. The fourth-order valence-corrected chi connectivity index (χ4v) is 2.14. The van der Waals surface area contributed by atoms with E-state index in [1.54, 1.807) is 12.1 Å². The second-order valence-electron chi connectivity index (χ2n) is 5.21. The number of alkyl halides is 3. The van der Waals surface area contributed by atoms with Crippen LogP contribution >= 0.6 is 0 Å². The number of rotatable bonds is 4. The fourth-order valence-electron chi connectivity index (χ4n) is 2.14. The van der Waals surface area contributed by atoms with Crippen LogP contribution in [0.2, 0.25) is 0 Å². The van der Waals surface area contributed by atoms with Gasteiger partial charge in [0.15, 0.2) is 0 Å². The van der Waals surface area contributed by atoms with Crippen molar-refractivity contribution in [2.45, 2.75) is 6.18 Å². The summed E-state index contributed by atoms with van der Waals surface area (Å²) in [5.41, 5.74) is -0.0211. The number of carboxylic acids is 1. The molecule has 2 rings (SSSR count). The Morgan fingerprint density at radius 2 is 1.76 bits per heavy atom. The van der Waals surface area contributed by atoms with Crippen molar-refractivity contribution in [1.82, 2.24) is 0 Å². The van der Waals surface area contributed by atoms with Crippen LogP contribution in [0.5, 0.6) is 0 Å². The summed E-state index contributed by atoms with van der Waals surface area (Å²) < 4.78 is 38.4. The van der Waals surface area contributed by atoms with E-state index in [-0.39, 0.29) is 11.3 Å². The van der Waals surface area contributed by atoms with Gasteiger partial charge in [-0.25, -0.2) is 4.79 Å². The fraction of sp³-hybridized carbons (Fsp3) is 0.111. The first kappa shape index (κ1) is 18.3. The average molecular weight is 349 g/mol. The number of carbonyl (C=O) groups is 2. The monoisotopic (exact) mass is 349 g/mol. The molecular weight excluding hydrogens is 335 g/mol. The lowest BCUT2D eigenvalue weighted by Gasteiger charge is -2.19. The first-order valence-electron chi connectivity index (χ1n) is 7.15. The molecule has 0 unspecified atom stereocenters. The minimum absolute atomic E-state index is 0.103. The van der Waals surface area contributed by atoms with Gasteiger partial charge in [0.05, 0.1) is 5.56 Å². The molecular formula is C18H14F3NO3. The van der Waals surface area contributed by atoms with E-state index in [2.05, 4.69) is 0 Å². The van der Waals surface area contributed by atoms with Crippen LogP contribution in [0.25, 0.3) is 6.08 Å². The molecule has 7 heteroatoms. The third-order valence-electron chi connectivity index (χ3n) is 3.42. The van der Waals surface area contributed by atoms with Crippen LogP contribution in [0, 0.1) is 0 Å². The van der Waals surface area contributed by atoms with Gasteiger partial charge in [-0.2, -0.15) is 13.2 Å². The van der Waals surface area contributed by atoms with Crippen LogP contribution < -0.4 is 4.90 Å². The Hall–Kier alpha value is -3.09. The maximum atomic E-state index is 12.8. The molecule has 25 heavy (non-hydrogen) atoms. The molecule has 0 aromatic heterocycles. The predicted molar refractivity (Wildman–Crippen MR) is 87.3 cm³/mol. The summed E-state index contributed by atoms with van der Waals surface area (Å²) in [5.74, 6) is -1.64. The lowest BCUT2D eigenvalue weighted by atomic mass is 10.1. The lowest BCUT2D eigenvalue weighted by Crippen LogP contribution is -2.26. The first-order valence-corrected chi connectivity index (χ1v) is 7.15. The molecule has 0 atom stereocenters. The molecule has 0 saturated carbocycles. The van der Waals surface area contributed by atoms with Crippen LogP contribution in [0.3, 0.4) is 0 Å². The average Bonchev–Trinajstić information content (AvgIpc) is 2.58. The quantitative estimate of drug-likeness (QED) is 0.846. The van der Waals surface area contributed by atoms with Gasteiger partial charge in [-0.05, 0) is 42.0 Å². The zero-order valence-corrected chi connectivity index (χ0v) is 13.1. The number of carbonyl (C=O) groups excluding carboxylic acids is 1. The van der Waals surface area contributed by atoms with Gasteiger partial charge in [-0.15, -0.1) is 0 Å². The highest BCUT2D eigenvalue weighted by Gasteiger charge is 2.31. The second kappa shape index (κ2) is 7.21. The van der Waals surface area contributed by atoms with Crippen LogP contribution in [-0.2, 0) is 11.0 Å². The van der Waals surface area contributed by atoms with Gasteiger partial charge in [0.1, 0.15) is 0 Å². The highest BCUT2D eigenvalue weighted by atomic mass is 19.4. The van der Waals surface area contributed by atoms with Crippen LogP contribution in [0.15, 0.2) is 54.6 Å². The van der Waals surface area contributed by atoms with E-state index in [0.717, 1.165) is 23.1 Å². The lowest BCUT2D eigenvalue weighted by molar-refractivity contribution is -0.137. The Labute approximate surface area is 141 Å². The number of anilines is 1. The number of hydrogen-bond acceptors (Lipinski definition) is 2. The second-order valence-corrected chi connectivity index (χ2v) is 5.21. The van der Waals surface area contributed by atoms with E-state index >= 15 is 0 Å². The van der Waals surface area contributed by atoms with Crippen molar-refractivity contribution in [1.29, 1.82) is 0 Å². The van der Waals surface area contributed by atoms with Crippen molar-refractivity contribution < 1.29 is 27.9 Å². The minimum atomic E-state index is -4.50. The highest BCUT2D eigenvalue weighted by molar-refractivity contribution is 6.06. The van der Waals surface area contributed by atoms with Gasteiger partial charge in [0, 0.05) is 24.4 Å². The first-order chi connectivity index (χ1) is 11.7. The third kappa shape index (κ3) is 4.69. The zero-order chi connectivity index (χ0) is 18.6. The summed E-state index contributed by atoms with van der Waals surface area (Å²) >= 11 is 0. The van der Waals surface area contributed by atoms with Gasteiger partial charge in [-0.3, -0.25) is 4.79 Å². The topological polar surface area (TPSA) is 57.6 Å². The summed E-state index contributed by atoms with van der Waals surface area (Å²) in [7, 11) is 1.37. The van der Waals surface area contributed by atoms with Gasteiger partial charge in [0.2, 0.25) is 0 Å². The third-order valence-corrected chi connectivity index (χ3v) is 3.42. The molecule has 0 aliphatic rings. The van der Waals surface area contributed by atoms with E-state index < -0.39 is 23.6 Å². The molecule has 0 spiro atoms. The van der Waals surface area contributed by atoms with E-state index in [1.165, 1.54) is 37.4 Å². The van der Waals surface area contributed by atoms with Gasteiger partial charge in [-0.1, -0.05) is 18.2 Å². The Morgan fingerprint density at radius 1 is 1.08 bits per heavy atom.